The van der Waals surface area contributed by atoms with Crippen LogP contribution in [0.5, 0.6) is 0 Å². The van der Waals surface area contributed by atoms with E-state index in [0.717, 1.165) is 67.3 Å². The molecule has 1 aliphatic heterocycles. The van der Waals surface area contributed by atoms with Crippen molar-refractivity contribution in [1.29, 1.82) is 0 Å². The van der Waals surface area contributed by atoms with E-state index in [0.29, 0.717) is 5.95 Å². The molecule has 0 unspecified atom stereocenters. The third-order valence-corrected chi connectivity index (χ3v) is 5.85. The van der Waals surface area contributed by atoms with E-state index in [1.165, 1.54) is 5.69 Å². The maximum absolute atomic E-state index is 12.0. The minimum absolute atomic E-state index is 0.113. The minimum atomic E-state index is 0.113. The summed E-state index contributed by atoms with van der Waals surface area (Å²) in [5, 5.41) is 6.28. The van der Waals surface area contributed by atoms with Crippen molar-refractivity contribution in [1.82, 2.24) is 9.97 Å². The third kappa shape index (κ3) is 4.73. The summed E-state index contributed by atoms with van der Waals surface area (Å²) in [6, 6.07) is 16.1. The van der Waals surface area contributed by atoms with Gasteiger partial charge in [-0.3, -0.25) is 4.79 Å². The summed E-state index contributed by atoms with van der Waals surface area (Å²) in [6.45, 7) is 5.38. The Morgan fingerprint density at radius 3 is 2.38 bits per heavy atom. The number of hydrogen-bond acceptors (Lipinski definition) is 6. The summed E-state index contributed by atoms with van der Waals surface area (Å²) in [4.78, 5) is 23.5. The van der Waals surface area contributed by atoms with Crippen molar-refractivity contribution < 1.29 is 9.53 Å². The zero-order valence-electron chi connectivity index (χ0n) is 18.2. The molecule has 0 bridgehead atoms. The molecule has 3 aromatic rings. The largest absolute Gasteiger partial charge is 0.378 e. The van der Waals surface area contributed by atoms with E-state index in [4.69, 9.17) is 9.72 Å². The van der Waals surface area contributed by atoms with Gasteiger partial charge in [0.05, 0.1) is 18.9 Å². The summed E-state index contributed by atoms with van der Waals surface area (Å²) in [5.74, 6) is 0.855. The predicted molar refractivity (Wildman–Crippen MR) is 126 cm³/mol. The molecule has 0 atom stereocenters. The molecule has 1 amide bonds. The molecule has 2 heterocycles. The molecule has 32 heavy (non-hydrogen) atoms. The number of rotatable bonds is 6. The summed E-state index contributed by atoms with van der Waals surface area (Å²) >= 11 is 0. The van der Waals surface area contributed by atoms with Gasteiger partial charge in [-0.05, 0) is 61.7 Å². The van der Waals surface area contributed by atoms with Crippen molar-refractivity contribution in [3.8, 4) is 11.3 Å². The van der Waals surface area contributed by atoms with E-state index < -0.39 is 0 Å². The van der Waals surface area contributed by atoms with Crippen molar-refractivity contribution in [3.05, 3.63) is 60.3 Å². The monoisotopic (exact) mass is 429 g/mol. The molecule has 2 fully saturated rings. The molecular formula is C25H27N5O2. The smallest absolute Gasteiger partial charge is 0.227 e. The highest BCUT2D eigenvalue weighted by atomic mass is 16.5. The van der Waals surface area contributed by atoms with Crippen LogP contribution in [0.1, 0.15) is 18.4 Å². The lowest BCUT2D eigenvalue weighted by Crippen LogP contribution is -2.36. The molecule has 5 rings (SSSR count). The second kappa shape index (κ2) is 8.96. The normalized spacial score (nSPS) is 16.0. The van der Waals surface area contributed by atoms with Crippen LogP contribution < -0.4 is 15.5 Å². The van der Waals surface area contributed by atoms with Gasteiger partial charge in [-0.1, -0.05) is 12.1 Å². The zero-order chi connectivity index (χ0) is 21.9. The fourth-order valence-electron chi connectivity index (χ4n) is 3.80. The maximum Gasteiger partial charge on any atom is 0.227 e. The summed E-state index contributed by atoms with van der Waals surface area (Å²) < 4.78 is 5.43. The van der Waals surface area contributed by atoms with E-state index in [9.17, 15) is 4.79 Å². The zero-order valence-corrected chi connectivity index (χ0v) is 18.2. The van der Waals surface area contributed by atoms with Gasteiger partial charge in [0.2, 0.25) is 11.9 Å². The molecule has 0 spiro atoms. The van der Waals surface area contributed by atoms with Crippen LogP contribution in [0.15, 0.2) is 54.7 Å². The number of amides is 1. The minimum Gasteiger partial charge on any atom is -0.378 e. The standard InChI is InChI=1S/C25H27N5O2/c1-17-16-26-25(28-21-8-10-22(11-9-21)30-12-14-32-15-13-30)29-23(17)18-4-6-20(7-5-18)27-24(31)19-2-3-19/h4-11,16,19H,2-3,12-15H2,1H3,(H,27,31)(H,26,28,29). The van der Waals surface area contributed by atoms with Gasteiger partial charge in [-0.2, -0.15) is 0 Å². The van der Waals surface area contributed by atoms with E-state index in [1.807, 2.05) is 49.5 Å². The van der Waals surface area contributed by atoms with E-state index in [1.54, 1.807) is 0 Å². The molecule has 7 heteroatoms. The SMILES string of the molecule is Cc1cnc(Nc2ccc(N3CCOCC3)cc2)nc1-c1ccc(NC(=O)C2CC2)cc1. The van der Waals surface area contributed by atoms with Gasteiger partial charge in [0.25, 0.3) is 0 Å². The van der Waals surface area contributed by atoms with Crippen molar-refractivity contribution in [2.24, 2.45) is 5.92 Å². The summed E-state index contributed by atoms with van der Waals surface area (Å²) in [5.41, 5.74) is 5.80. The number of aryl methyl sites for hydroxylation is 1. The van der Waals surface area contributed by atoms with Crippen LogP contribution in [0.3, 0.4) is 0 Å². The van der Waals surface area contributed by atoms with Gasteiger partial charge in [0.1, 0.15) is 0 Å². The van der Waals surface area contributed by atoms with Crippen LogP contribution in [0.2, 0.25) is 0 Å². The molecule has 1 saturated heterocycles. The second-order valence-corrected chi connectivity index (χ2v) is 8.34. The van der Waals surface area contributed by atoms with Gasteiger partial charge in [0, 0.05) is 47.8 Å². The Morgan fingerprint density at radius 2 is 1.69 bits per heavy atom. The van der Waals surface area contributed by atoms with Crippen LogP contribution >= 0.6 is 0 Å². The van der Waals surface area contributed by atoms with Crippen molar-refractivity contribution in [2.75, 3.05) is 41.8 Å². The van der Waals surface area contributed by atoms with Gasteiger partial charge in [-0.15, -0.1) is 0 Å². The fraction of sp³-hybridized carbons (Fsp3) is 0.320. The topological polar surface area (TPSA) is 79.4 Å². The number of morpholine rings is 1. The average molecular weight is 430 g/mol. The second-order valence-electron chi connectivity index (χ2n) is 8.34. The fourth-order valence-corrected chi connectivity index (χ4v) is 3.80. The molecule has 1 aromatic heterocycles. The molecule has 1 saturated carbocycles. The van der Waals surface area contributed by atoms with Crippen LogP contribution in [0.4, 0.5) is 23.0 Å². The highest BCUT2D eigenvalue weighted by molar-refractivity contribution is 5.94. The molecule has 2 N–H and O–H groups in total. The molecule has 7 nitrogen and oxygen atoms in total. The number of nitrogens with one attached hydrogen (secondary N) is 2. The molecule has 2 aliphatic rings. The number of anilines is 4. The van der Waals surface area contributed by atoms with Gasteiger partial charge in [0.15, 0.2) is 0 Å². The first-order chi connectivity index (χ1) is 15.7. The molecule has 0 radical (unpaired) electrons. The lowest BCUT2D eigenvalue weighted by molar-refractivity contribution is -0.117. The Morgan fingerprint density at radius 1 is 1.00 bits per heavy atom. The number of aromatic nitrogens is 2. The Labute approximate surface area is 187 Å². The third-order valence-electron chi connectivity index (χ3n) is 5.85. The molecular weight excluding hydrogens is 402 g/mol. The van der Waals surface area contributed by atoms with Crippen LogP contribution in [-0.4, -0.2) is 42.2 Å². The molecule has 1 aliphatic carbocycles. The Balaban J connectivity index is 1.28. The number of ether oxygens (including phenoxy) is 1. The van der Waals surface area contributed by atoms with E-state index in [-0.39, 0.29) is 11.8 Å². The lowest BCUT2D eigenvalue weighted by Gasteiger charge is -2.28. The first-order valence-electron chi connectivity index (χ1n) is 11.1. The Hall–Kier alpha value is -3.45. The quantitative estimate of drug-likeness (QED) is 0.605. The summed E-state index contributed by atoms with van der Waals surface area (Å²) in [6.07, 6.45) is 3.82. The van der Waals surface area contributed by atoms with Gasteiger partial charge >= 0.3 is 0 Å². The lowest BCUT2D eigenvalue weighted by atomic mass is 10.1. The number of carbonyl (C=O) groups excluding carboxylic acids is 1. The molecule has 2 aromatic carbocycles. The van der Waals surface area contributed by atoms with Crippen LogP contribution in [-0.2, 0) is 9.53 Å². The summed E-state index contributed by atoms with van der Waals surface area (Å²) in [7, 11) is 0. The average Bonchev–Trinajstić information content (AvgIpc) is 3.68. The Bertz CT molecular complexity index is 1090. The van der Waals surface area contributed by atoms with E-state index >= 15 is 0 Å². The number of nitrogens with zero attached hydrogens (tertiary/aromatic N) is 3. The predicted octanol–water partition coefficient (Wildman–Crippen LogP) is 4.38. The first-order valence-corrected chi connectivity index (χ1v) is 11.1. The van der Waals surface area contributed by atoms with Crippen LogP contribution in [0, 0.1) is 12.8 Å². The van der Waals surface area contributed by atoms with Crippen molar-refractivity contribution >= 4 is 28.9 Å². The number of hydrogen-bond donors (Lipinski definition) is 2. The van der Waals surface area contributed by atoms with E-state index in [2.05, 4.69) is 32.7 Å². The van der Waals surface area contributed by atoms with Crippen LogP contribution in [0.25, 0.3) is 11.3 Å². The molecule has 164 valence electrons. The van der Waals surface area contributed by atoms with Gasteiger partial charge < -0.3 is 20.3 Å². The van der Waals surface area contributed by atoms with Crippen molar-refractivity contribution in [2.45, 2.75) is 19.8 Å². The maximum atomic E-state index is 12.0. The van der Waals surface area contributed by atoms with Crippen molar-refractivity contribution in [3.63, 3.8) is 0 Å². The first kappa shape index (κ1) is 20.5. The van der Waals surface area contributed by atoms with Gasteiger partial charge in [-0.25, -0.2) is 9.97 Å². The number of benzene rings is 2. The number of carbonyl (C=O) groups is 1. The highest BCUT2D eigenvalue weighted by Gasteiger charge is 2.29. The Kier molecular flexibility index (Phi) is 5.73. The highest BCUT2D eigenvalue weighted by Crippen LogP contribution is 2.31.